The minimum atomic E-state index is -0.154. The molecule has 2 rings (SSSR count). The van der Waals surface area contributed by atoms with Crippen LogP contribution < -0.4 is 5.32 Å². The molecule has 0 saturated heterocycles. The van der Waals surface area contributed by atoms with Gasteiger partial charge in [-0.05, 0) is 31.3 Å². The quantitative estimate of drug-likeness (QED) is 0.877. The first-order chi connectivity index (χ1) is 10.6. The minimum Gasteiger partial charge on any atom is -0.322 e. The Balaban J connectivity index is 1.84. The van der Waals surface area contributed by atoms with Gasteiger partial charge in [0.05, 0.1) is 22.3 Å². The monoisotopic (exact) mass is 337 g/mol. The van der Waals surface area contributed by atoms with Crippen LogP contribution in [0.5, 0.6) is 0 Å². The number of anilines is 1. The van der Waals surface area contributed by atoms with Gasteiger partial charge in [0.2, 0.25) is 5.91 Å². The van der Waals surface area contributed by atoms with Gasteiger partial charge in [-0.25, -0.2) is 0 Å². The fraction of sp³-hybridized carbons (Fsp3) is 0.250. The Bertz CT molecular complexity index is 614. The minimum absolute atomic E-state index is 0.154. The fourth-order valence-electron chi connectivity index (χ4n) is 1.97. The van der Waals surface area contributed by atoms with Crippen molar-refractivity contribution in [1.29, 1.82) is 0 Å². The van der Waals surface area contributed by atoms with E-state index in [-0.39, 0.29) is 12.5 Å². The number of carbonyl (C=O) groups excluding carboxylic acids is 1. The second-order valence-corrected chi connectivity index (χ2v) is 5.77. The molecule has 2 aromatic rings. The molecular formula is C16H17Cl2N3O. The highest BCUT2D eigenvalue weighted by Gasteiger charge is 2.11. The van der Waals surface area contributed by atoms with Crippen LogP contribution in [0.15, 0.2) is 42.6 Å². The maximum atomic E-state index is 12.1. The second kappa shape index (κ2) is 8.13. The standard InChI is InChI=1S/C16H17Cl2N3O/c1-21(10-8-12-5-2-3-9-19-12)11-15(22)20-16-13(17)6-4-7-14(16)18/h2-7,9H,8,10-11H2,1H3,(H,20,22). The van der Waals surface area contributed by atoms with E-state index in [0.717, 1.165) is 18.7 Å². The summed E-state index contributed by atoms with van der Waals surface area (Å²) in [6.45, 7) is 0.995. The zero-order chi connectivity index (χ0) is 15.9. The van der Waals surface area contributed by atoms with Crippen molar-refractivity contribution in [2.75, 3.05) is 25.5 Å². The lowest BCUT2D eigenvalue weighted by molar-refractivity contribution is -0.117. The van der Waals surface area contributed by atoms with Crippen molar-refractivity contribution in [1.82, 2.24) is 9.88 Å². The van der Waals surface area contributed by atoms with Gasteiger partial charge in [-0.1, -0.05) is 35.3 Å². The lowest BCUT2D eigenvalue weighted by Gasteiger charge is -2.16. The average molecular weight is 338 g/mol. The van der Waals surface area contributed by atoms with Crippen LogP contribution in [0.2, 0.25) is 10.0 Å². The van der Waals surface area contributed by atoms with E-state index in [1.54, 1.807) is 24.4 Å². The van der Waals surface area contributed by atoms with Crippen molar-refractivity contribution in [3.63, 3.8) is 0 Å². The van der Waals surface area contributed by atoms with Gasteiger partial charge in [-0.3, -0.25) is 14.7 Å². The molecule has 0 bridgehead atoms. The third kappa shape index (κ3) is 4.98. The van der Waals surface area contributed by atoms with Crippen molar-refractivity contribution in [2.45, 2.75) is 6.42 Å². The van der Waals surface area contributed by atoms with E-state index >= 15 is 0 Å². The van der Waals surface area contributed by atoms with E-state index in [4.69, 9.17) is 23.2 Å². The van der Waals surface area contributed by atoms with Crippen LogP contribution in [0.25, 0.3) is 0 Å². The molecule has 1 aromatic carbocycles. The van der Waals surface area contributed by atoms with Crippen LogP contribution in [-0.2, 0) is 11.2 Å². The van der Waals surface area contributed by atoms with E-state index < -0.39 is 0 Å². The predicted molar refractivity (Wildman–Crippen MR) is 90.5 cm³/mol. The van der Waals surface area contributed by atoms with Crippen molar-refractivity contribution >= 4 is 34.8 Å². The molecule has 22 heavy (non-hydrogen) atoms. The Hall–Kier alpha value is -1.62. The van der Waals surface area contributed by atoms with Gasteiger partial charge >= 0.3 is 0 Å². The van der Waals surface area contributed by atoms with Crippen molar-refractivity contribution < 1.29 is 4.79 Å². The SMILES string of the molecule is CN(CCc1ccccn1)CC(=O)Nc1c(Cl)cccc1Cl. The number of pyridine rings is 1. The number of carbonyl (C=O) groups is 1. The maximum Gasteiger partial charge on any atom is 0.238 e. The number of rotatable bonds is 6. The summed E-state index contributed by atoms with van der Waals surface area (Å²) in [4.78, 5) is 18.2. The topological polar surface area (TPSA) is 45.2 Å². The van der Waals surface area contributed by atoms with E-state index in [1.165, 1.54) is 0 Å². The number of para-hydroxylation sites is 1. The number of hydrogen-bond donors (Lipinski definition) is 1. The zero-order valence-electron chi connectivity index (χ0n) is 12.2. The van der Waals surface area contributed by atoms with Crippen LogP contribution in [0.3, 0.4) is 0 Å². The highest BCUT2D eigenvalue weighted by atomic mass is 35.5. The number of halogens is 2. The maximum absolute atomic E-state index is 12.1. The highest BCUT2D eigenvalue weighted by molar-refractivity contribution is 6.39. The summed E-state index contributed by atoms with van der Waals surface area (Å²) in [7, 11) is 1.89. The van der Waals surface area contributed by atoms with E-state index in [1.807, 2.05) is 30.1 Å². The first-order valence-corrected chi connectivity index (χ1v) is 7.64. The molecule has 0 spiro atoms. The van der Waals surface area contributed by atoms with Gasteiger partial charge in [-0.15, -0.1) is 0 Å². The zero-order valence-corrected chi connectivity index (χ0v) is 13.7. The van der Waals surface area contributed by atoms with Crippen molar-refractivity contribution in [2.24, 2.45) is 0 Å². The summed E-state index contributed by atoms with van der Waals surface area (Å²) >= 11 is 12.1. The fourth-order valence-corrected chi connectivity index (χ4v) is 2.46. The average Bonchev–Trinajstić information content (AvgIpc) is 2.50. The Morgan fingerprint density at radius 1 is 1.18 bits per heavy atom. The largest absolute Gasteiger partial charge is 0.322 e. The molecule has 0 radical (unpaired) electrons. The molecule has 1 N–H and O–H groups in total. The van der Waals surface area contributed by atoms with Gasteiger partial charge in [0, 0.05) is 24.9 Å². The molecule has 0 unspecified atom stereocenters. The number of amides is 1. The van der Waals surface area contributed by atoms with Crippen LogP contribution in [0.1, 0.15) is 5.69 Å². The smallest absolute Gasteiger partial charge is 0.238 e. The Kier molecular flexibility index (Phi) is 6.19. The highest BCUT2D eigenvalue weighted by Crippen LogP contribution is 2.29. The van der Waals surface area contributed by atoms with Crippen LogP contribution in [-0.4, -0.2) is 35.9 Å². The summed E-state index contributed by atoms with van der Waals surface area (Å²) in [6, 6.07) is 10.9. The number of aromatic nitrogens is 1. The lowest BCUT2D eigenvalue weighted by atomic mass is 10.2. The molecule has 1 amide bonds. The summed E-state index contributed by atoms with van der Waals surface area (Å²) in [5.41, 5.74) is 1.46. The van der Waals surface area contributed by atoms with Crippen LogP contribution in [0, 0.1) is 0 Å². The normalized spacial score (nSPS) is 10.7. The summed E-state index contributed by atoms with van der Waals surface area (Å²) < 4.78 is 0. The molecule has 0 saturated carbocycles. The van der Waals surface area contributed by atoms with Gasteiger partial charge in [0.25, 0.3) is 0 Å². The van der Waals surface area contributed by atoms with Gasteiger partial charge in [0.15, 0.2) is 0 Å². The van der Waals surface area contributed by atoms with Crippen molar-refractivity contribution in [3.8, 4) is 0 Å². The number of benzene rings is 1. The number of likely N-dealkylation sites (N-methyl/N-ethyl adjacent to an activating group) is 1. The van der Waals surface area contributed by atoms with Crippen LogP contribution in [0.4, 0.5) is 5.69 Å². The molecule has 1 heterocycles. The lowest BCUT2D eigenvalue weighted by Crippen LogP contribution is -2.31. The van der Waals surface area contributed by atoms with Crippen molar-refractivity contribution in [3.05, 3.63) is 58.3 Å². The number of hydrogen-bond acceptors (Lipinski definition) is 3. The van der Waals surface area contributed by atoms with E-state index in [9.17, 15) is 4.79 Å². The summed E-state index contributed by atoms with van der Waals surface area (Å²) in [5, 5.41) is 3.60. The van der Waals surface area contributed by atoms with Crippen LogP contribution >= 0.6 is 23.2 Å². The molecule has 1 aromatic heterocycles. The van der Waals surface area contributed by atoms with Gasteiger partial charge < -0.3 is 5.32 Å². The predicted octanol–water partition coefficient (Wildman–Crippen LogP) is 3.50. The first-order valence-electron chi connectivity index (χ1n) is 6.88. The summed E-state index contributed by atoms with van der Waals surface area (Å²) in [5.74, 6) is -0.154. The molecule has 6 heteroatoms. The Labute approximate surface area is 140 Å². The molecule has 116 valence electrons. The Morgan fingerprint density at radius 3 is 2.55 bits per heavy atom. The Morgan fingerprint density at radius 2 is 1.91 bits per heavy atom. The molecule has 4 nitrogen and oxygen atoms in total. The third-order valence-electron chi connectivity index (χ3n) is 3.12. The van der Waals surface area contributed by atoms with Gasteiger partial charge in [0.1, 0.15) is 0 Å². The van der Waals surface area contributed by atoms with E-state index in [0.29, 0.717) is 15.7 Å². The molecule has 0 aliphatic rings. The molecule has 0 atom stereocenters. The van der Waals surface area contributed by atoms with Gasteiger partial charge in [-0.2, -0.15) is 0 Å². The second-order valence-electron chi connectivity index (χ2n) is 4.95. The first kappa shape index (κ1) is 16.7. The third-order valence-corrected chi connectivity index (χ3v) is 3.75. The number of nitrogens with one attached hydrogen (secondary N) is 1. The molecule has 0 fully saturated rings. The summed E-state index contributed by atoms with van der Waals surface area (Å²) in [6.07, 6.45) is 2.55. The molecule has 0 aliphatic carbocycles. The van der Waals surface area contributed by atoms with E-state index in [2.05, 4.69) is 10.3 Å². The number of nitrogens with zero attached hydrogens (tertiary/aromatic N) is 2. The molecular weight excluding hydrogens is 321 g/mol. The molecule has 0 aliphatic heterocycles.